The van der Waals surface area contributed by atoms with E-state index in [0.717, 1.165) is 34.7 Å². The van der Waals surface area contributed by atoms with Gasteiger partial charge in [-0.2, -0.15) is 0 Å². The number of carbonyl (C=O) groups excluding carboxylic acids is 2. The first-order valence-corrected chi connectivity index (χ1v) is 14.2. The highest BCUT2D eigenvalue weighted by Crippen LogP contribution is 2.31. The number of benzene rings is 1. The lowest BCUT2D eigenvalue weighted by Crippen LogP contribution is -2.58. The van der Waals surface area contributed by atoms with Crippen molar-refractivity contribution in [2.45, 2.75) is 46.7 Å². The predicted molar refractivity (Wildman–Crippen MR) is 155 cm³/mol. The van der Waals surface area contributed by atoms with E-state index in [9.17, 15) is 9.59 Å². The molecule has 1 aliphatic heterocycles. The van der Waals surface area contributed by atoms with Gasteiger partial charge in [0.2, 0.25) is 5.91 Å². The van der Waals surface area contributed by atoms with Gasteiger partial charge in [-0.1, -0.05) is 19.9 Å². The number of piperazine rings is 1. The van der Waals surface area contributed by atoms with Crippen molar-refractivity contribution in [3.8, 4) is 5.75 Å². The number of nitrogens with one attached hydrogen (secondary N) is 2. The molecule has 2 amide bonds. The number of alkyl carbamates (subject to hydrolysis) is 1. The fourth-order valence-corrected chi connectivity index (χ4v) is 5.52. The second kappa shape index (κ2) is 13.1. The molecule has 0 saturated carbocycles. The van der Waals surface area contributed by atoms with Crippen molar-refractivity contribution >= 4 is 45.1 Å². The minimum atomic E-state index is -0.453. The van der Waals surface area contributed by atoms with Crippen molar-refractivity contribution in [2.75, 3.05) is 49.6 Å². The Bertz CT molecular complexity index is 1270. The Morgan fingerprint density at radius 3 is 2.67 bits per heavy atom. The zero-order chi connectivity index (χ0) is 27.9. The lowest BCUT2D eigenvalue weighted by Gasteiger charge is -2.45. The fraction of sp³-hybridized carbons (Fsp3) is 0.500. The van der Waals surface area contributed by atoms with Gasteiger partial charge in [-0.05, 0) is 49.8 Å². The molecule has 0 bridgehead atoms. The van der Waals surface area contributed by atoms with Gasteiger partial charge in [0.25, 0.3) is 0 Å². The van der Waals surface area contributed by atoms with Crippen LogP contribution in [-0.2, 0) is 9.53 Å². The van der Waals surface area contributed by atoms with E-state index < -0.39 is 6.09 Å². The number of rotatable bonds is 10. The Hall–Kier alpha value is -3.44. The summed E-state index contributed by atoms with van der Waals surface area (Å²) in [6, 6.07) is 8.03. The molecule has 39 heavy (non-hydrogen) atoms. The van der Waals surface area contributed by atoms with Crippen LogP contribution in [0.5, 0.6) is 5.75 Å². The van der Waals surface area contributed by atoms with Crippen molar-refractivity contribution in [3.63, 3.8) is 0 Å². The molecule has 2 atom stereocenters. The molecule has 1 aliphatic rings. The Balaban J connectivity index is 1.28. The van der Waals surface area contributed by atoms with E-state index in [1.165, 1.54) is 0 Å². The number of aromatic nitrogens is 2. The van der Waals surface area contributed by atoms with E-state index in [1.807, 2.05) is 44.4 Å². The number of aryl methyl sites for hydroxylation is 1. The number of hydrogen-bond acceptors (Lipinski definition) is 9. The highest BCUT2D eigenvalue weighted by Gasteiger charge is 2.32. The number of fused-ring (bicyclic) bond motifs is 1. The van der Waals surface area contributed by atoms with Crippen LogP contribution in [0.15, 0.2) is 36.0 Å². The lowest BCUT2D eigenvalue weighted by atomic mass is 10.1. The minimum Gasteiger partial charge on any atom is -0.492 e. The maximum absolute atomic E-state index is 13.0. The Labute approximate surface area is 233 Å². The number of carbonyl (C=O) groups is 2. The maximum Gasteiger partial charge on any atom is 0.407 e. The van der Waals surface area contributed by atoms with Crippen LogP contribution >= 0.6 is 11.3 Å². The smallest absolute Gasteiger partial charge is 0.407 e. The third-order valence-electron chi connectivity index (χ3n) is 6.52. The van der Waals surface area contributed by atoms with Crippen LogP contribution in [0.3, 0.4) is 0 Å². The van der Waals surface area contributed by atoms with Gasteiger partial charge in [0, 0.05) is 36.9 Å². The molecule has 2 aromatic heterocycles. The number of amides is 2. The molecular formula is C28H38N6O4S. The summed E-state index contributed by atoms with van der Waals surface area (Å²) in [7, 11) is 0. The summed E-state index contributed by atoms with van der Waals surface area (Å²) < 4.78 is 10.9. The first kappa shape index (κ1) is 28.6. The Morgan fingerprint density at radius 2 is 1.92 bits per heavy atom. The molecule has 2 N–H and O–H groups in total. The molecule has 1 saturated heterocycles. The second-order valence-corrected chi connectivity index (χ2v) is 11.3. The van der Waals surface area contributed by atoms with E-state index in [2.05, 4.69) is 50.3 Å². The van der Waals surface area contributed by atoms with Crippen LogP contribution < -0.4 is 20.3 Å². The van der Waals surface area contributed by atoms with Gasteiger partial charge in [-0.15, -0.1) is 11.3 Å². The van der Waals surface area contributed by atoms with E-state index in [1.54, 1.807) is 17.7 Å². The topological polar surface area (TPSA) is 109 Å². The summed E-state index contributed by atoms with van der Waals surface area (Å²) in [6.45, 7) is 13.0. The first-order chi connectivity index (χ1) is 18.7. The summed E-state index contributed by atoms with van der Waals surface area (Å²) in [4.78, 5) is 39.2. The van der Waals surface area contributed by atoms with Gasteiger partial charge < -0.3 is 25.0 Å². The molecule has 0 radical (unpaired) electrons. The average molecular weight is 555 g/mol. The van der Waals surface area contributed by atoms with Gasteiger partial charge >= 0.3 is 6.09 Å². The molecule has 10 nitrogen and oxygen atoms in total. The van der Waals surface area contributed by atoms with E-state index >= 15 is 0 Å². The normalized spacial score (nSPS) is 17.8. The SMILES string of the molecule is Cc1ccc(OCCNC(=O)OCC(C)C)cc1NC(=O)CN1CC(C)N(c2ncnc3sccc23)C(C)C1. The van der Waals surface area contributed by atoms with Crippen molar-refractivity contribution in [1.82, 2.24) is 20.2 Å². The molecule has 3 aromatic rings. The quantitative estimate of drug-likeness (QED) is 0.357. The van der Waals surface area contributed by atoms with E-state index in [0.29, 0.717) is 31.1 Å². The lowest BCUT2D eigenvalue weighted by molar-refractivity contribution is -0.117. The van der Waals surface area contributed by atoms with Gasteiger partial charge in [0.15, 0.2) is 0 Å². The maximum atomic E-state index is 13.0. The van der Waals surface area contributed by atoms with Crippen LogP contribution in [0, 0.1) is 12.8 Å². The number of nitrogens with zero attached hydrogens (tertiary/aromatic N) is 4. The molecule has 3 heterocycles. The van der Waals surface area contributed by atoms with E-state index in [-0.39, 0.29) is 30.5 Å². The molecule has 1 aromatic carbocycles. The van der Waals surface area contributed by atoms with Gasteiger partial charge in [-0.3, -0.25) is 9.69 Å². The first-order valence-electron chi connectivity index (χ1n) is 13.3. The number of ether oxygens (including phenoxy) is 2. The summed E-state index contributed by atoms with van der Waals surface area (Å²) >= 11 is 1.62. The fourth-order valence-electron chi connectivity index (χ4n) is 4.80. The molecule has 1 fully saturated rings. The molecule has 0 spiro atoms. The third-order valence-corrected chi connectivity index (χ3v) is 7.34. The predicted octanol–water partition coefficient (Wildman–Crippen LogP) is 4.30. The van der Waals surface area contributed by atoms with Crippen LogP contribution in [-0.4, -0.2) is 78.3 Å². The van der Waals surface area contributed by atoms with Crippen LogP contribution in [0.25, 0.3) is 10.2 Å². The third kappa shape index (κ3) is 7.57. The number of hydrogen-bond donors (Lipinski definition) is 2. The molecule has 2 unspecified atom stereocenters. The van der Waals surface area contributed by atoms with Crippen molar-refractivity contribution in [2.24, 2.45) is 5.92 Å². The summed E-state index contributed by atoms with van der Waals surface area (Å²) in [5.74, 6) is 1.79. The number of anilines is 2. The highest BCUT2D eigenvalue weighted by atomic mass is 32.1. The molecule has 11 heteroatoms. The van der Waals surface area contributed by atoms with Gasteiger partial charge in [0.1, 0.15) is 29.3 Å². The minimum absolute atomic E-state index is 0.0695. The Morgan fingerprint density at radius 1 is 1.15 bits per heavy atom. The monoisotopic (exact) mass is 554 g/mol. The van der Waals surface area contributed by atoms with Gasteiger partial charge in [-0.25, -0.2) is 14.8 Å². The molecule has 0 aliphatic carbocycles. The standard InChI is InChI=1S/C28H38N6O4S/c1-18(2)16-38-28(36)29-9-10-37-22-7-6-19(3)24(12-22)32-25(35)15-33-13-20(4)34(21(5)14-33)26-23-8-11-39-27(23)31-17-30-26/h6-8,11-12,17-18,20-21H,9-10,13-16H2,1-5H3,(H,29,36)(H,32,35). The molecular weight excluding hydrogens is 516 g/mol. The summed E-state index contributed by atoms with van der Waals surface area (Å²) in [5, 5.41) is 8.83. The summed E-state index contributed by atoms with van der Waals surface area (Å²) in [6.07, 6.45) is 1.18. The van der Waals surface area contributed by atoms with Crippen LogP contribution in [0.1, 0.15) is 33.3 Å². The average Bonchev–Trinajstić information content (AvgIpc) is 3.36. The highest BCUT2D eigenvalue weighted by molar-refractivity contribution is 7.16. The van der Waals surface area contributed by atoms with E-state index in [4.69, 9.17) is 9.47 Å². The van der Waals surface area contributed by atoms with Crippen LogP contribution in [0.4, 0.5) is 16.3 Å². The van der Waals surface area contributed by atoms with Gasteiger partial charge in [0.05, 0.1) is 25.1 Å². The van der Waals surface area contributed by atoms with Crippen LogP contribution in [0.2, 0.25) is 0 Å². The van der Waals surface area contributed by atoms with Crippen molar-refractivity contribution in [3.05, 3.63) is 41.5 Å². The summed E-state index contributed by atoms with van der Waals surface area (Å²) in [5.41, 5.74) is 1.66. The second-order valence-electron chi connectivity index (χ2n) is 10.4. The molecule has 210 valence electrons. The zero-order valence-electron chi connectivity index (χ0n) is 23.3. The van der Waals surface area contributed by atoms with Crippen molar-refractivity contribution in [1.29, 1.82) is 0 Å². The number of thiophene rings is 1. The van der Waals surface area contributed by atoms with Crippen molar-refractivity contribution < 1.29 is 19.1 Å². The largest absolute Gasteiger partial charge is 0.492 e. The Kier molecular flexibility index (Phi) is 9.58. The molecule has 4 rings (SSSR count). The zero-order valence-corrected chi connectivity index (χ0v) is 24.1.